The standard InChI is InChI=1S/C23H24N2O2/c1-17-9-7-8-14-25(17)22(26)16-24-15-20(19-12-5-6-13-21(19)24)23(27)18-10-3-2-4-11-18/h2-6,10-13,15,17H,7-9,14,16H2,1H3/t17-/m0/s1. The Balaban J connectivity index is 1.68. The number of piperidine rings is 1. The van der Waals surface area contributed by atoms with Crippen LogP contribution in [0.1, 0.15) is 42.1 Å². The number of rotatable bonds is 4. The van der Waals surface area contributed by atoms with Crippen molar-refractivity contribution in [1.29, 1.82) is 0 Å². The summed E-state index contributed by atoms with van der Waals surface area (Å²) in [7, 11) is 0. The minimum absolute atomic E-state index is 0.00987. The second kappa shape index (κ2) is 7.39. The van der Waals surface area contributed by atoms with Crippen LogP contribution in [0.4, 0.5) is 0 Å². The lowest BCUT2D eigenvalue weighted by atomic mass is 10.0. The summed E-state index contributed by atoms with van der Waals surface area (Å²) < 4.78 is 1.93. The van der Waals surface area contributed by atoms with Gasteiger partial charge < -0.3 is 9.47 Å². The fraction of sp³-hybridized carbons (Fsp3) is 0.304. The molecule has 4 nitrogen and oxygen atoms in total. The van der Waals surface area contributed by atoms with Crippen LogP contribution in [0.3, 0.4) is 0 Å². The van der Waals surface area contributed by atoms with Gasteiger partial charge in [-0.05, 0) is 32.3 Å². The molecule has 27 heavy (non-hydrogen) atoms. The highest BCUT2D eigenvalue weighted by molar-refractivity contribution is 6.16. The molecule has 1 amide bonds. The van der Waals surface area contributed by atoms with Gasteiger partial charge in [0, 0.05) is 40.8 Å². The molecule has 0 spiro atoms. The maximum atomic E-state index is 13.0. The van der Waals surface area contributed by atoms with Crippen LogP contribution in [0, 0.1) is 0 Å². The third-order valence-electron chi connectivity index (χ3n) is 5.50. The highest BCUT2D eigenvalue weighted by Gasteiger charge is 2.24. The SMILES string of the molecule is C[C@H]1CCCCN1C(=O)Cn1cc(C(=O)c2ccccc2)c2ccccc21. The molecular weight excluding hydrogens is 336 g/mol. The van der Waals surface area contributed by atoms with Crippen molar-refractivity contribution in [3.8, 4) is 0 Å². The zero-order chi connectivity index (χ0) is 18.8. The molecule has 0 saturated carbocycles. The average Bonchev–Trinajstić information content (AvgIpc) is 3.07. The van der Waals surface area contributed by atoms with Gasteiger partial charge in [-0.25, -0.2) is 0 Å². The number of hydrogen-bond donors (Lipinski definition) is 0. The summed E-state index contributed by atoms with van der Waals surface area (Å²) >= 11 is 0. The van der Waals surface area contributed by atoms with E-state index in [1.54, 1.807) is 0 Å². The Hall–Kier alpha value is -2.88. The molecule has 0 aliphatic carbocycles. The zero-order valence-corrected chi connectivity index (χ0v) is 15.6. The Kier molecular flexibility index (Phi) is 4.80. The van der Waals surface area contributed by atoms with E-state index in [2.05, 4.69) is 6.92 Å². The molecule has 1 aliphatic heterocycles. The molecule has 0 unspecified atom stereocenters. The number of nitrogens with zero attached hydrogens (tertiary/aromatic N) is 2. The number of amides is 1. The van der Waals surface area contributed by atoms with E-state index in [1.165, 1.54) is 6.42 Å². The highest BCUT2D eigenvalue weighted by Crippen LogP contribution is 2.25. The van der Waals surface area contributed by atoms with Crippen molar-refractivity contribution in [2.24, 2.45) is 0 Å². The average molecular weight is 360 g/mol. The first-order valence-electron chi connectivity index (χ1n) is 9.62. The van der Waals surface area contributed by atoms with Crippen LogP contribution in [0.2, 0.25) is 0 Å². The van der Waals surface area contributed by atoms with Gasteiger partial charge >= 0.3 is 0 Å². The number of hydrogen-bond acceptors (Lipinski definition) is 2. The second-order valence-electron chi connectivity index (χ2n) is 7.31. The summed E-state index contributed by atoms with van der Waals surface area (Å²) in [6.45, 7) is 3.22. The molecule has 1 aliphatic rings. The summed E-state index contributed by atoms with van der Waals surface area (Å²) in [4.78, 5) is 27.9. The number of fused-ring (bicyclic) bond motifs is 1. The first-order chi connectivity index (χ1) is 13.1. The Bertz CT molecular complexity index is 974. The number of likely N-dealkylation sites (tertiary alicyclic amines) is 1. The van der Waals surface area contributed by atoms with Crippen molar-refractivity contribution in [3.05, 3.63) is 71.9 Å². The number of aromatic nitrogens is 1. The van der Waals surface area contributed by atoms with Gasteiger partial charge in [-0.1, -0.05) is 48.5 Å². The Morgan fingerprint density at radius 1 is 1.00 bits per heavy atom. The van der Waals surface area contributed by atoms with Gasteiger partial charge in [0.15, 0.2) is 5.78 Å². The molecule has 3 aromatic rings. The maximum absolute atomic E-state index is 13.0. The Morgan fingerprint density at radius 2 is 1.74 bits per heavy atom. The van der Waals surface area contributed by atoms with Crippen molar-refractivity contribution in [2.75, 3.05) is 6.54 Å². The third-order valence-corrected chi connectivity index (χ3v) is 5.50. The number of carbonyl (C=O) groups is 2. The van der Waals surface area contributed by atoms with Crippen molar-refractivity contribution >= 4 is 22.6 Å². The predicted molar refractivity (Wildman–Crippen MR) is 107 cm³/mol. The van der Waals surface area contributed by atoms with Crippen LogP contribution in [0.25, 0.3) is 10.9 Å². The quantitative estimate of drug-likeness (QED) is 0.652. The van der Waals surface area contributed by atoms with Crippen molar-refractivity contribution in [2.45, 2.75) is 38.8 Å². The topological polar surface area (TPSA) is 42.3 Å². The van der Waals surface area contributed by atoms with Gasteiger partial charge in [-0.2, -0.15) is 0 Å². The molecule has 1 fully saturated rings. The lowest BCUT2D eigenvalue weighted by Gasteiger charge is -2.33. The van der Waals surface area contributed by atoms with E-state index in [1.807, 2.05) is 70.3 Å². The van der Waals surface area contributed by atoms with Crippen LogP contribution >= 0.6 is 0 Å². The third kappa shape index (κ3) is 3.39. The van der Waals surface area contributed by atoms with Gasteiger partial charge in [-0.3, -0.25) is 9.59 Å². The summed E-state index contributed by atoms with van der Waals surface area (Å²) in [6.07, 6.45) is 5.16. The molecule has 4 heteroatoms. The van der Waals surface area contributed by atoms with Crippen molar-refractivity contribution in [3.63, 3.8) is 0 Å². The second-order valence-corrected chi connectivity index (χ2v) is 7.31. The lowest BCUT2D eigenvalue weighted by Crippen LogP contribution is -2.43. The fourth-order valence-electron chi connectivity index (χ4n) is 4.01. The van der Waals surface area contributed by atoms with Gasteiger partial charge in [0.1, 0.15) is 6.54 Å². The van der Waals surface area contributed by atoms with Crippen LogP contribution in [-0.2, 0) is 11.3 Å². The molecular formula is C23H24N2O2. The summed E-state index contributed by atoms with van der Waals surface area (Å²) in [5.41, 5.74) is 2.24. The molecule has 2 aromatic carbocycles. The van der Waals surface area contributed by atoms with Gasteiger partial charge in [0.05, 0.1) is 0 Å². The Labute approximate surface area is 159 Å². The van der Waals surface area contributed by atoms with E-state index in [9.17, 15) is 9.59 Å². The number of ketones is 1. The normalized spacial score (nSPS) is 17.2. The first-order valence-corrected chi connectivity index (χ1v) is 9.62. The largest absolute Gasteiger partial charge is 0.338 e. The highest BCUT2D eigenvalue weighted by atomic mass is 16.2. The molecule has 0 bridgehead atoms. The minimum Gasteiger partial charge on any atom is -0.338 e. The number of para-hydroxylation sites is 1. The maximum Gasteiger partial charge on any atom is 0.242 e. The van der Waals surface area contributed by atoms with E-state index >= 15 is 0 Å². The molecule has 138 valence electrons. The molecule has 2 heterocycles. The summed E-state index contributed by atoms with van der Waals surface area (Å²) in [5.74, 6) is 0.117. The van der Waals surface area contributed by atoms with Crippen molar-refractivity contribution < 1.29 is 9.59 Å². The van der Waals surface area contributed by atoms with Crippen LogP contribution in [-0.4, -0.2) is 33.7 Å². The fourth-order valence-corrected chi connectivity index (χ4v) is 4.01. The van der Waals surface area contributed by atoms with Crippen LogP contribution < -0.4 is 0 Å². The van der Waals surface area contributed by atoms with E-state index in [4.69, 9.17) is 0 Å². The van der Waals surface area contributed by atoms with Crippen molar-refractivity contribution in [1.82, 2.24) is 9.47 Å². The summed E-state index contributed by atoms with van der Waals surface area (Å²) in [6, 6.07) is 17.4. The molecule has 1 saturated heterocycles. The number of carbonyl (C=O) groups excluding carboxylic acids is 2. The van der Waals surface area contributed by atoms with Crippen LogP contribution in [0.15, 0.2) is 60.8 Å². The van der Waals surface area contributed by atoms with E-state index in [0.29, 0.717) is 17.2 Å². The monoisotopic (exact) mass is 360 g/mol. The van der Waals surface area contributed by atoms with E-state index in [-0.39, 0.29) is 18.2 Å². The molecule has 1 atom stereocenters. The van der Waals surface area contributed by atoms with Gasteiger partial charge in [-0.15, -0.1) is 0 Å². The molecule has 1 aromatic heterocycles. The first kappa shape index (κ1) is 17.5. The summed E-state index contributed by atoms with van der Waals surface area (Å²) in [5, 5.41) is 0.894. The van der Waals surface area contributed by atoms with E-state index in [0.717, 1.165) is 30.3 Å². The van der Waals surface area contributed by atoms with Gasteiger partial charge in [0.2, 0.25) is 5.91 Å². The van der Waals surface area contributed by atoms with E-state index < -0.39 is 0 Å². The zero-order valence-electron chi connectivity index (χ0n) is 15.6. The molecule has 0 radical (unpaired) electrons. The molecule has 0 N–H and O–H groups in total. The smallest absolute Gasteiger partial charge is 0.242 e. The predicted octanol–water partition coefficient (Wildman–Crippen LogP) is 4.27. The van der Waals surface area contributed by atoms with Gasteiger partial charge in [0.25, 0.3) is 0 Å². The lowest BCUT2D eigenvalue weighted by molar-refractivity contribution is -0.135. The Morgan fingerprint density at radius 3 is 2.52 bits per heavy atom. The molecule has 4 rings (SSSR count). The van der Waals surface area contributed by atoms with Crippen LogP contribution in [0.5, 0.6) is 0 Å². The minimum atomic E-state index is -0.00987. The number of benzene rings is 2.